The van der Waals surface area contributed by atoms with Crippen molar-refractivity contribution in [1.29, 1.82) is 0 Å². The van der Waals surface area contributed by atoms with Crippen LogP contribution in [0.25, 0.3) is 0 Å². The van der Waals surface area contributed by atoms with Gasteiger partial charge < -0.3 is 40.1 Å². The van der Waals surface area contributed by atoms with Gasteiger partial charge in [0, 0.05) is 6.42 Å². The van der Waals surface area contributed by atoms with Crippen molar-refractivity contribution in [3.05, 3.63) is 48.0 Å². The molecule has 7 unspecified atom stereocenters. The number of benzene rings is 1. The highest BCUT2D eigenvalue weighted by atomic mass is 16.8. The number of aliphatic hydroxyl groups excluding tert-OH is 2. The number of carbonyl (C=O) groups is 3. The molecule has 7 atom stereocenters. The molecule has 1 aromatic rings. The van der Waals surface area contributed by atoms with Crippen LogP contribution in [-0.2, 0) is 30.3 Å². The van der Waals surface area contributed by atoms with E-state index in [1.165, 1.54) is 0 Å². The van der Waals surface area contributed by atoms with Crippen LogP contribution in [0.15, 0.2) is 42.5 Å². The van der Waals surface area contributed by atoms with Crippen molar-refractivity contribution in [1.82, 2.24) is 0 Å². The summed E-state index contributed by atoms with van der Waals surface area (Å²) < 4.78 is 10.6. The van der Waals surface area contributed by atoms with Gasteiger partial charge in [0.05, 0.1) is 0 Å². The average molecular weight is 480 g/mol. The predicted octanol–water partition coefficient (Wildman–Crippen LogP) is 0.163. The molecule has 1 aromatic carbocycles. The van der Waals surface area contributed by atoms with E-state index in [9.17, 15) is 45.0 Å². The van der Waals surface area contributed by atoms with Crippen LogP contribution in [-0.4, -0.2) is 83.8 Å². The Hall–Kier alpha value is -2.83. The van der Waals surface area contributed by atoms with Gasteiger partial charge in [0.1, 0.15) is 12.2 Å². The van der Waals surface area contributed by atoms with Gasteiger partial charge in [-0.05, 0) is 30.7 Å². The fourth-order valence-electron chi connectivity index (χ4n) is 4.86. The van der Waals surface area contributed by atoms with Crippen LogP contribution in [0.1, 0.15) is 31.7 Å². The monoisotopic (exact) mass is 480 g/mol. The largest absolute Gasteiger partial charge is 0.479 e. The third kappa shape index (κ3) is 3.89. The van der Waals surface area contributed by atoms with Gasteiger partial charge in [0.25, 0.3) is 0 Å². The van der Waals surface area contributed by atoms with Crippen molar-refractivity contribution >= 4 is 17.9 Å². The lowest BCUT2D eigenvalue weighted by atomic mass is 9.74. The molecular formula is C23H28O11. The van der Waals surface area contributed by atoms with Gasteiger partial charge >= 0.3 is 17.9 Å². The number of allylic oxidation sites excluding steroid dienone is 1. The molecule has 6 N–H and O–H groups in total. The van der Waals surface area contributed by atoms with Crippen molar-refractivity contribution < 1.29 is 54.5 Å². The molecule has 0 aromatic heterocycles. The summed E-state index contributed by atoms with van der Waals surface area (Å²) in [5.41, 5.74) is -5.34. The number of fused-ring (bicyclic) bond motifs is 2. The highest BCUT2D eigenvalue weighted by Gasteiger charge is 2.84. The summed E-state index contributed by atoms with van der Waals surface area (Å²) in [7, 11) is 0. The molecule has 2 aliphatic rings. The zero-order chi connectivity index (χ0) is 25.5. The molecule has 0 radical (unpaired) electrons. The number of ether oxygens (including phenoxy) is 2. The van der Waals surface area contributed by atoms with E-state index in [1.54, 1.807) is 0 Å². The number of rotatable bonds is 10. The molecule has 2 aliphatic heterocycles. The summed E-state index contributed by atoms with van der Waals surface area (Å²) in [6.45, 7) is 5.98. The fourth-order valence-corrected chi connectivity index (χ4v) is 4.86. The van der Waals surface area contributed by atoms with Gasteiger partial charge in [-0.15, -0.1) is 0 Å². The summed E-state index contributed by atoms with van der Waals surface area (Å²) in [5.74, 6) is -8.69. The minimum absolute atomic E-state index is 0.0798. The normalized spacial score (nSPS) is 35.5. The number of hydrogen-bond acceptors (Lipinski definition) is 8. The Morgan fingerprint density at radius 3 is 2.21 bits per heavy atom. The first kappa shape index (κ1) is 25.8. The van der Waals surface area contributed by atoms with Crippen LogP contribution < -0.4 is 0 Å². The Morgan fingerprint density at radius 1 is 1.06 bits per heavy atom. The third-order valence-corrected chi connectivity index (χ3v) is 6.52. The molecule has 11 heteroatoms. The average Bonchev–Trinajstić information content (AvgIpc) is 2.96. The van der Waals surface area contributed by atoms with Crippen molar-refractivity contribution in [2.24, 2.45) is 5.92 Å². The summed E-state index contributed by atoms with van der Waals surface area (Å²) in [4.78, 5) is 35.7. The number of hydrogen-bond donors (Lipinski definition) is 6. The summed E-state index contributed by atoms with van der Waals surface area (Å²) in [6.07, 6.45) is -6.27. The molecule has 0 saturated carbocycles. The zero-order valence-corrected chi connectivity index (χ0v) is 18.5. The topological polar surface area (TPSA) is 191 Å². The molecule has 0 amide bonds. The quantitative estimate of drug-likeness (QED) is 0.250. The van der Waals surface area contributed by atoms with E-state index < -0.39 is 53.2 Å². The highest BCUT2D eigenvalue weighted by Crippen LogP contribution is 2.54. The Morgan fingerprint density at radius 2 is 1.68 bits per heavy atom. The summed E-state index contributed by atoms with van der Waals surface area (Å²) in [6, 6.07) is 9.72. The van der Waals surface area contributed by atoms with Crippen LogP contribution in [0.3, 0.4) is 0 Å². The van der Waals surface area contributed by atoms with Crippen molar-refractivity contribution in [3.8, 4) is 0 Å². The van der Waals surface area contributed by atoms with Gasteiger partial charge in [-0.25, -0.2) is 14.4 Å². The zero-order valence-electron chi connectivity index (χ0n) is 18.5. The number of aliphatic carboxylic acids is 3. The van der Waals surface area contributed by atoms with Crippen molar-refractivity contribution in [2.75, 3.05) is 0 Å². The molecular weight excluding hydrogens is 452 g/mol. The second-order valence-corrected chi connectivity index (χ2v) is 9.00. The van der Waals surface area contributed by atoms with E-state index in [2.05, 4.69) is 6.58 Å². The maximum Gasteiger partial charge on any atom is 0.343 e. The van der Waals surface area contributed by atoms with E-state index in [4.69, 9.17) is 9.47 Å². The van der Waals surface area contributed by atoms with E-state index >= 15 is 0 Å². The standard InChI is InChI=1S/C23H28O11/c1-12(10-13(2)11-14-6-4-3-5-7-14)8-9-21-15(24)16(25)23(34-21,20(30)31)22(32,19(28)29)17(33-21)18(26)27/h3-7,13,15-17,24-25,32H,1,8-11H2,2H3,(H,26,27)(H,28,29)(H,30,31). The maximum atomic E-state index is 12.1. The van der Waals surface area contributed by atoms with Gasteiger partial charge in [-0.2, -0.15) is 0 Å². The third-order valence-electron chi connectivity index (χ3n) is 6.52. The lowest BCUT2D eigenvalue weighted by Crippen LogP contribution is -2.77. The minimum atomic E-state index is -3.73. The van der Waals surface area contributed by atoms with Crippen LogP contribution in [0.2, 0.25) is 0 Å². The van der Waals surface area contributed by atoms with E-state index in [0.717, 1.165) is 12.0 Å². The second kappa shape index (κ2) is 9.08. The molecule has 186 valence electrons. The van der Waals surface area contributed by atoms with Gasteiger partial charge in [0.2, 0.25) is 17.3 Å². The Labute approximate surface area is 194 Å². The second-order valence-electron chi connectivity index (χ2n) is 9.00. The van der Waals surface area contributed by atoms with E-state index in [1.807, 2.05) is 37.3 Å². The molecule has 2 saturated heterocycles. The Balaban J connectivity index is 1.83. The number of aliphatic hydroxyl groups is 3. The van der Waals surface area contributed by atoms with E-state index in [0.29, 0.717) is 12.0 Å². The molecule has 2 bridgehead atoms. The lowest BCUT2D eigenvalue weighted by Gasteiger charge is -2.48. The van der Waals surface area contributed by atoms with Gasteiger partial charge in [0.15, 0.2) is 5.79 Å². The van der Waals surface area contributed by atoms with Crippen LogP contribution in [0, 0.1) is 5.92 Å². The molecule has 11 nitrogen and oxygen atoms in total. The minimum Gasteiger partial charge on any atom is -0.479 e. The first-order valence-electron chi connectivity index (χ1n) is 10.7. The van der Waals surface area contributed by atoms with E-state index in [-0.39, 0.29) is 18.8 Å². The molecule has 2 fully saturated rings. The lowest BCUT2D eigenvalue weighted by molar-refractivity contribution is -0.374. The molecule has 0 spiro atoms. The molecule has 34 heavy (non-hydrogen) atoms. The first-order chi connectivity index (χ1) is 15.8. The van der Waals surface area contributed by atoms with Crippen LogP contribution in [0.5, 0.6) is 0 Å². The van der Waals surface area contributed by atoms with Gasteiger partial charge in [-0.1, -0.05) is 49.4 Å². The van der Waals surface area contributed by atoms with Crippen LogP contribution >= 0.6 is 0 Å². The highest BCUT2D eigenvalue weighted by molar-refractivity contribution is 5.97. The Bertz CT molecular complexity index is 978. The van der Waals surface area contributed by atoms with Crippen molar-refractivity contribution in [2.45, 2.75) is 67.9 Å². The van der Waals surface area contributed by atoms with Crippen LogP contribution in [0.4, 0.5) is 0 Å². The number of carboxylic acids is 3. The SMILES string of the molecule is C=C(CCC12OC(C(=O)O)C(O)(C(=O)O)C(C(=O)O)(O1)C(O)C2O)CC(C)Cc1ccccc1. The fraction of sp³-hybridized carbons (Fsp3) is 0.522. The molecule has 2 heterocycles. The first-order valence-corrected chi connectivity index (χ1v) is 10.7. The number of carboxylic acid groups (broad SMARTS) is 3. The molecule has 0 aliphatic carbocycles. The summed E-state index contributed by atoms with van der Waals surface area (Å²) in [5, 5.41) is 60.7. The smallest absolute Gasteiger partial charge is 0.343 e. The van der Waals surface area contributed by atoms with Crippen molar-refractivity contribution in [3.63, 3.8) is 0 Å². The molecule has 3 rings (SSSR count). The van der Waals surface area contributed by atoms with Gasteiger partial charge in [-0.3, -0.25) is 0 Å². The maximum absolute atomic E-state index is 12.1. The predicted molar refractivity (Wildman–Crippen MR) is 114 cm³/mol. The summed E-state index contributed by atoms with van der Waals surface area (Å²) >= 11 is 0. The Kier molecular flexibility index (Phi) is 6.89.